The Morgan fingerprint density at radius 2 is 1.92 bits per heavy atom. The smallest absolute Gasteiger partial charge is 0.327 e. The van der Waals surface area contributed by atoms with Crippen molar-refractivity contribution < 1.29 is 9.53 Å². The number of pyridine rings is 1. The van der Waals surface area contributed by atoms with Crippen LogP contribution in [-0.4, -0.2) is 32.6 Å². The zero-order chi connectivity index (χ0) is 16.8. The Morgan fingerprint density at radius 3 is 2.75 bits per heavy atom. The first-order chi connectivity index (χ1) is 11.7. The van der Waals surface area contributed by atoms with Gasteiger partial charge in [-0.1, -0.05) is 17.3 Å². The van der Waals surface area contributed by atoms with Gasteiger partial charge in [-0.05, 0) is 42.7 Å². The first kappa shape index (κ1) is 15.8. The first-order valence-electron chi connectivity index (χ1n) is 7.61. The van der Waals surface area contributed by atoms with Crippen molar-refractivity contribution >= 4 is 16.9 Å². The summed E-state index contributed by atoms with van der Waals surface area (Å²) in [5.41, 5.74) is 1.29. The van der Waals surface area contributed by atoms with Gasteiger partial charge in [0, 0.05) is 12.4 Å². The fraction of sp³-hybridized carbons (Fsp3) is 0.235. The molecule has 0 unspecified atom stereocenters. The van der Waals surface area contributed by atoms with Crippen LogP contribution in [0.5, 0.6) is 0 Å². The number of carbonyl (C=O) groups is 1. The lowest BCUT2D eigenvalue weighted by Gasteiger charge is -2.06. The number of hydrogen-bond acceptors (Lipinski definition) is 6. The maximum atomic E-state index is 12.2. The number of carbonyl (C=O) groups excluding carboxylic acids is 1. The highest BCUT2D eigenvalue weighted by atomic mass is 16.5. The molecule has 3 aromatic rings. The van der Waals surface area contributed by atoms with Crippen molar-refractivity contribution in [1.82, 2.24) is 20.0 Å². The van der Waals surface area contributed by atoms with Gasteiger partial charge in [0.2, 0.25) is 0 Å². The molecule has 122 valence electrons. The van der Waals surface area contributed by atoms with E-state index in [1.807, 2.05) is 12.1 Å². The lowest BCUT2D eigenvalue weighted by atomic mass is 10.1. The average Bonchev–Trinajstić information content (AvgIpc) is 2.62. The van der Waals surface area contributed by atoms with E-state index in [9.17, 15) is 9.59 Å². The SMILES string of the molecule is O=C(Cn1nnc2ccccc2c1=O)OCCCc1ccncc1. The van der Waals surface area contributed by atoms with Crippen molar-refractivity contribution in [1.29, 1.82) is 0 Å². The number of fused-ring (bicyclic) bond motifs is 1. The average molecular weight is 324 g/mol. The Labute approximate surface area is 137 Å². The van der Waals surface area contributed by atoms with Crippen LogP contribution in [0.2, 0.25) is 0 Å². The third kappa shape index (κ3) is 3.81. The van der Waals surface area contributed by atoms with Crippen molar-refractivity contribution in [2.75, 3.05) is 6.61 Å². The standard InChI is InChI=1S/C17H16N4O3/c22-16(24-11-3-4-13-7-9-18-10-8-13)12-21-17(23)14-5-1-2-6-15(14)19-20-21/h1-2,5-10H,3-4,11-12H2. The lowest BCUT2D eigenvalue weighted by molar-refractivity contribution is -0.144. The molecular weight excluding hydrogens is 308 g/mol. The van der Waals surface area contributed by atoms with Crippen molar-refractivity contribution in [3.63, 3.8) is 0 Å². The van der Waals surface area contributed by atoms with E-state index in [-0.39, 0.29) is 18.7 Å². The molecule has 0 N–H and O–H groups in total. The van der Waals surface area contributed by atoms with Crippen molar-refractivity contribution in [2.24, 2.45) is 0 Å². The van der Waals surface area contributed by atoms with Gasteiger partial charge in [-0.3, -0.25) is 14.6 Å². The molecule has 0 aliphatic carbocycles. The van der Waals surface area contributed by atoms with E-state index in [0.29, 0.717) is 17.3 Å². The number of aryl methyl sites for hydroxylation is 1. The van der Waals surface area contributed by atoms with Gasteiger partial charge >= 0.3 is 5.97 Å². The van der Waals surface area contributed by atoms with Crippen LogP contribution in [0.1, 0.15) is 12.0 Å². The zero-order valence-electron chi connectivity index (χ0n) is 13.0. The van der Waals surface area contributed by atoms with Gasteiger partial charge in [0.25, 0.3) is 5.56 Å². The minimum absolute atomic E-state index is 0.244. The largest absolute Gasteiger partial charge is 0.464 e. The van der Waals surface area contributed by atoms with Crippen molar-refractivity contribution in [2.45, 2.75) is 19.4 Å². The molecule has 3 rings (SSSR count). The van der Waals surface area contributed by atoms with E-state index >= 15 is 0 Å². The maximum absolute atomic E-state index is 12.2. The van der Waals surface area contributed by atoms with Crippen LogP contribution in [0.3, 0.4) is 0 Å². The second-order valence-corrected chi connectivity index (χ2v) is 5.25. The van der Waals surface area contributed by atoms with E-state index in [0.717, 1.165) is 16.7 Å². The van der Waals surface area contributed by atoms with Crippen LogP contribution in [0.25, 0.3) is 10.9 Å². The molecule has 0 bridgehead atoms. The zero-order valence-corrected chi connectivity index (χ0v) is 13.0. The highest BCUT2D eigenvalue weighted by molar-refractivity contribution is 5.77. The summed E-state index contributed by atoms with van der Waals surface area (Å²) in [6.45, 7) is 0.0445. The van der Waals surface area contributed by atoms with Crippen LogP contribution in [0.4, 0.5) is 0 Å². The molecule has 0 aliphatic rings. The lowest BCUT2D eigenvalue weighted by Crippen LogP contribution is -2.28. The molecule has 0 aliphatic heterocycles. The molecule has 0 radical (unpaired) electrons. The van der Waals surface area contributed by atoms with E-state index in [2.05, 4.69) is 15.3 Å². The van der Waals surface area contributed by atoms with Crippen LogP contribution in [0, 0.1) is 0 Å². The summed E-state index contributed by atoms with van der Waals surface area (Å²) in [7, 11) is 0. The molecule has 2 heterocycles. The number of ether oxygens (including phenoxy) is 1. The van der Waals surface area contributed by atoms with Crippen molar-refractivity contribution in [3.05, 3.63) is 64.7 Å². The van der Waals surface area contributed by atoms with Gasteiger partial charge in [-0.2, -0.15) is 4.68 Å². The Balaban J connectivity index is 1.53. The molecule has 7 heteroatoms. The summed E-state index contributed by atoms with van der Waals surface area (Å²) in [5, 5.41) is 8.13. The molecule has 0 amide bonds. The van der Waals surface area contributed by atoms with Gasteiger partial charge < -0.3 is 4.74 Å². The van der Waals surface area contributed by atoms with Crippen LogP contribution < -0.4 is 5.56 Å². The van der Waals surface area contributed by atoms with Gasteiger partial charge in [0.05, 0.1) is 12.0 Å². The van der Waals surface area contributed by atoms with Gasteiger partial charge in [-0.25, -0.2) is 0 Å². The number of benzene rings is 1. The molecule has 0 atom stereocenters. The Bertz CT molecular complexity index is 893. The summed E-state index contributed by atoms with van der Waals surface area (Å²) in [5.74, 6) is -0.503. The topological polar surface area (TPSA) is 87.0 Å². The normalized spacial score (nSPS) is 10.7. The molecule has 1 aromatic carbocycles. The van der Waals surface area contributed by atoms with Gasteiger partial charge in [-0.15, -0.1) is 5.10 Å². The summed E-state index contributed by atoms with van der Waals surface area (Å²) in [4.78, 5) is 28.0. The third-order valence-electron chi connectivity index (χ3n) is 3.53. The number of aromatic nitrogens is 4. The first-order valence-corrected chi connectivity index (χ1v) is 7.61. The summed E-state index contributed by atoms with van der Waals surface area (Å²) in [6, 6.07) is 10.7. The highest BCUT2D eigenvalue weighted by Gasteiger charge is 2.10. The van der Waals surface area contributed by atoms with Crippen LogP contribution in [-0.2, 0) is 22.5 Å². The fourth-order valence-electron chi connectivity index (χ4n) is 2.31. The molecule has 0 saturated carbocycles. The predicted octanol–water partition coefficient (Wildman–Crippen LogP) is 1.36. The number of rotatable bonds is 6. The quantitative estimate of drug-likeness (QED) is 0.503. The minimum atomic E-state index is -0.503. The van der Waals surface area contributed by atoms with E-state index in [1.165, 1.54) is 0 Å². The summed E-state index contributed by atoms with van der Waals surface area (Å²) < 4.78 is 6.17. The van der Waals surface area contributed by atoms with Crippen LogP contribution in [0.15, 0.2) is 53.6 Å². The molecular formula is C17H16N4O3. The number of hydrogen-bond donors (Lipinski definition) is 0. The maximum Gasteiger partial charge on any atom is 0.327 e. The van der Waals surface area contributed by atoms with Gasteiger partial charge in [0.1, 0.15) is 12.1 Å². The second-order valence-electron chi connectivity index (χ2n) is 5.25. The molecule has 7 nitrogen and oxygen atoms in total. The molecule has 24 heavy (non-hydrogen) atoms. The monoisotopic (exact) mass is 324 g/mol. The molecule has 0 spiro atoms. The Hall–Kier alpha value is -3.09. The molecule has 2 aromatic heterocycles. The number of esters is 1. The Kier molecular flexibility index (Phi) is 4.90. The van der Waals surface area contributed by atoms with Gasteiger partial charge in [0.15, 0.2) is 0 Å². The van der Waals surface area contributed by atoms with Crippen LogP contribution >= 0.6 is 0 Å². The van der Waals surface area contributed by atoms with E-state index in [1.54, 1.807) is 36.7 Å². The Morgan fingerprint density at radius 1 is 1.12 bits per heavy atom. The fourth-order valence-corrected chi connectivity index (χ4v) is 2.31. The second kappa shape index (κ2) is 7.45. The highest BCUT2D eigenvalue weighted by Crippen LogP contribution is 2.04. The number of nitrogens with zero attached hydrogens (tertiary/aromatic N) is 4. The summed E-state index contributed by atoms with van der Waals surface area (Å²) in [6.07, 6.45) is 4.96. The van der Waals surface area contributed by atoms with E-state index in [4.69, 9.17) is 4.74 Å². The van der Waals surface area contributed by atoms with Crippen molar-refractivity contribution in [3.8, 4) is 0 Å². The predicted molar refractivity (Wildman–Crippen MR) is 87.3 cm³/mol. The van der Waals surface area contributed by atoms with E-state index < -0.39 is 5.97 Å². The molecule has 0 fully saturated rings. The third-order valence-corrected chi connectivity index (χ3v) is 3.53. The summed E-state index contributed by atoms with van der Waals surface area (Å²) >= 11 is 0. The minimum Gasteiger partial charge on any atom is -0.464 e. The molecule has 0 saturated heterocycles.